The molecule has 1 aliphatic heterocycles. The maximum absolute atomic E-state index is 5.73. The lowest BCUT2D eigenvalue weighted by molar-refractivity contribution is -0.145. The quantitative estimate of drug-likeness (QED) is 0.274. The lowest BCUT2D eigenvalue weighted by atomic mass is 10.0. The first kappa shape index (κ1) is 22.9. The zero-order valence-electron chi connectivity index (χ0n) is 17.3. The first-order valence-corrected chi connectivity index (χ1v) is 11.0. The van der Waals surface area contributed by atoms with Gasteiger partial charge in [-0.3, -0.25) is 0 Å². The standard InChI is InChI=1S/C22H44O3/c1-4-5-6-7-8-9-10-11-12-13-14-15-16-17-18-23-19-21-20-24-22(2,3)25-21/h21H,4-20H2,1-3H3/t21-/m0/s1. The third-order valence-electron chi connectivity index (χ3n) is 5.01. The molecule has 1 saturated heterocycles. The summed E-state index contributed by atoms with van der Waals surface area (Å²) in [6.45, 7) is 8.39. The highest BCUT2D eigenvalue weighted by Gasteiger charge is 2.32. The smallest absolute Gasteiger partial charge is 0.163 e. The molecule has 0 aromatic heterocycles. The number of unbranched alkanes of at least 4 members (excludes halogenated alkanes) is 13. The molecule has 1 aliphatic rings. The summed E-state index contributed by atoms with van der Waals surface area (Å²) in [6, 6.07) is 0. The van der Waals surface area contributed by atoms with Crippen molar-refractivity contribution in [2.45, 2.75) is 123 Å². The molecular formula is C22H44O3. The Labute approximate surface area is 157 Å². The van der Waals surface area contributed by atoms with Gasteiger partial charge in [0, 0.05) is 6.61 Å². The summed E-state index contributed by atoms with van der Waals surface area (Å²) >= 11 is 0. The van der Waals surface area contributed by atoms with Crippen LogP contribution in [0.15, 0.2) is 0 Å². The van der Waals surface area contributed by atoms with Gasteiger partial charge in [0.2, 0.25) is 0 Å². The predicted octanol–water partition coefficient (Wildman–Crippen LogP) is 6.64. The maximum Gasteiger partial charge on any atom is 0.163 e. The van der Waals surface area contributed by atoms with E-state index in [2.05, 4.69) is 6.92 Å². The van der Waals surface area contributed by atoms with Crippen molar-refractivity contribution in [1.29, 1.82) is 0 Å². The van der Waals surface area contributed by atoms with E-state index in [1.165, 1.54) is 89.9 Å². The average Bonchev–Trinajstić information content (AvgIpc) is 2.93. The topological polar surface area (TPSA) is 27.7 Å². The maximum atomic E-state index is 5.73. The Morgan fingerprint density at radius 3 is 1.68 bits per heavy atom. The van der Waals surface area contributed by atoms with E-state index in [0.717, 1.165) is 6.61 Å². The summed E-state index contributed by atoms with van der Waals surface area (Å²) in [5.41, 5.74) is 0. The van der Waals surface area contributed by atoms with E-state index in [-0.39, 0.29) is 6.10 Å². The summed E-state index contributed by atoms with van der Waals surface area (Å²) in [7, 11) is 0. The number of hydrogen-bond donors (Lipinski definition) is 0. The molecule has 0 aliphatic carbocycles. The van der Waals surface area contributed by atoms with Crippen LogP contribution in [0.4, 0.5) is 0 Å². The Bertz CT molecular complexity index is 291. The predicted molar refractivity (Wildman–Crippen MR) is 106 cm³/mol. The van der Waals surface area contributed by atoms with E-state index in [4.69, 9.17) is 14.2 Å². The molecule has 0 unspecified atom stereocenters. The summed E-state index contributed by atoms with van der Waals surface area (Å²) in [6.07, 6.45) is 19.7. The van der Waals surface area contributed by atoms with Crippen molar-refractivity contribution in [2.75, 3.05) is 19.8 Å². The number of rotatable bonds is 17. The van der Waals surface area contributed by atoms with E-state index in [0.29, 0.717) is 13.2 Å². The van der Waals surface area contributed by atoms with Crippen LogP contribution in [0.25, 0.3) is 0 Å². The molecule has 1 atom stereocenters. The van der Waals surface area contributed by atoms with E-state index < -0.39 is 5.79 Å². The summed E-state index contributed by atoms with van der Waals surface area (Å²) in [4.78, 5) is 0. The molecule has 0 radical (unpaired) electrons. The largest absolute Gasteiger partial charge is 0.379 e. The Kier molecular flexibility index (Phi) is 13.7. The molecule has 3 heteroatoms. The molecule has 3 nitrogen and oxygen atoms in total. The van der Waals surface area contributed by atoms with E-state index >= 15 is 0 Å². The fraction of sp³-hybridized carbons (Fsp3) is 1.00. The SMILES string of the molecule is CCCCCCCCCCCCCCCCOC[C@H]1COC(C)(C)O1. The number of hydrogen-bond acceptors (Lipinski definition) is 3. The molecule has 0 amide bonds. The molecule has 1 fully saturated rings. The van der Waals surface area contributed by atoms with Gasteiger partial charge >= 0.3 is 0 Å². The van der Waals surface area contributed by atoms with Crippen molar-refractivity contribution in [3.05, 3.63) is 0 Å². The normalized spacial score (nSPS) is 19.6. The molecular weight excluding hydrogens is 312 g/mol. The molecule has 0 spiro atoms. The van der Waals surface area contributed by atoms with Crippen LogP contribution in [0.5, 0.6) is 0 Å². The van der Waals surface area contributed by atoms with E-state index in [1.807, 2.05) is 13.8 Å². The molecule has 0 saturated carbocycles. The van der Waals surface area contributed by atoms with Crippen molar-refractivity contribution < 1.29 is 14.2 Å². The fourth-order valence-corrected chi connectivity index (χ4v) is 3.46. The highest BCUT2D eigenvalue weighted by atomic mass is 16.7. The van der Waals surface area contributed by atoms with Crippen molar-refractivity contribution >= 4 is 0 Å². The van der Waals surface area contributed by atoms with Crippen LogP contribution in [-0.4, -0.2) is 31.7 Å². The first-order valence-electron chi connectivity index (χ1n) is 11.0. The molecule has 150 valence electrons. The van der Waals surface area contributed by atoms with Gasteiger partial charge < -0.3 is 14.2 Å². The van der Waals surface area contributed by atoms with Gasteiger partial charge in [-0.2, -0.15) is 0 Å². The van der Waals surface area contributed by atoms with Gasteiger partial charge in [0.25, 0.3) is 0 Å². The molecule has 1 heterocycles. The monoisotopic (exact) mass is 356 g/mol. The molecule has 0 aromatic rings. The van der Waals surface area contributed by atoms with Crippen LogP contribution < -0.4 is 0 Å². The van der Waals surface area contributed by atoms with Crippen LogP contribution in [0, 0.1) is 0 Å². The molecule has 0 N–H and O–H groups in total. The van der Waals surface area contributed by atoms with Crippen LogP contribution >= 0.6 is 0 Å². The zero-order valence-corrected chi connectivity index (χ0v) is 17.3. The van der Waals surface area contributed by atoms with Crippen LogP contribution in [0.2, 0.25) is 0 Å². The first-order chi connectivity index (χ1) is 12.1. The number of ether oxygens (including phenoxy) is 3. The third kappa shape index (κ3) is 13.7. The Hall–Kier alpha value is -0.120. The third-order valence-corrected chi connectivity index (χ3v) is 5.01. The zero-order chi connectivity index (χ0) is 18.2. The van der Waals surface area contributed by atoms with Gasteiger partial charge in [-0.25, -0.2) is 0 Å². The Morgan fingerprint density at radius 2 is 1.24 bits per heavy atom. The van der Waals surface area contributed by atoms with Gasteiger partial charge in [0.1, 0.15) is 6.10 Å². The van der Waals surface area contributed by atoms with Crippen molar-refractivity contribution in [3.8, 4) is 0 Å². The Balaban J connectivity index is 1.70. The van der Waals surface area contributed by atoms with E-state index in [1.54, 1.807) is 0 Å². The second-order valence-electron chi connectivity index (χ2n) is 8.12. The lowest BCUT2D eigenvalue weighted by Gasteiger charge is -2.17. The minimum Gasteiger partial charge on any atom is -0.379 e. The Morgan fingerprint density at radius 1 is 0.760 bits per heavy atom. The summed E-state index contributed by atoms with van der Waals surface area (Å²) in [5.74, 6) is -0.428. The van der Waals surface area contributed by atoms with Crippen molar-refractivity contribution in [1.82, 2.24) is 0 Å². The average molecular weight is 357 g/mol. The van der Waals surface area contributed by atoms with Gasteiger partial charge in [-0.05, 0) is 20.3 Å². The summed E-state index contributed by atoms with van der Waals surface area (Å²) in [5, 5.41) is 0. The van der Waals surface area contributed by atoms with Crippen molar-refractivity contribution in [3.63, 3.8) is 0 Å². The molecule has 25 heavy (non-hydrogen) atoms. The van der Waals surface area contributed by atoms with Gasteiger partial charge in [0.15, 0.2) is 5.79 Å². The second-order valence-corrected chi connectivity index (χ2v) is 8.12. The molecule has 0 bridgehead atoms. The van der Waals surface area contributed by atoms with Crippen LogP contribution in [-0.2, 0) is 14.2 Å². The highest BCUT2D eigenvalue weighted by Crippen LogP contribution is 2.22. The lowest BCUT2D eigenvalue weighted by Crippen LogP contribution is -2.24. The minimum absolute atomic E-state index is 0.113. The van der Waals surface area contributed by atoms with Gasteiger partial charge in [-0.15, -0.1) is 0 Å². The molecule has 0 aromatic carbocycles. The second kappa shape index (κ2) is 15.0. The van der Waals surface area contributed by atoms with E-state index in [9.17, 15) is 0 Å². The van der Waals surface area contributed by atoms with Gasteiger partial charge in [-0.1, -0.05) is 90.4 Å². The summed E-state index contributed by atoms with van der Waals surface area (Å²) < 4.78 is 17.0. The minimum atomic E-state index is -0.428. The molecule has 1 rings (SSSR count). The van der Waals surface area contributed by atoms with Crippen LogP contribution in [0.1, 0.15) is 111 Å². The van der Waals surface area contributed by atoms with Crippen molar-refractivity contribution in [2.24, 2.45) is 0 Å². The van der Waals surface area contributed by atoms with Crippen LogP contribution in [0.3, 0.4) is 0 Å². The fourth-order valence-electron chi connectivity index (χ4n) is 3.46. The van der Waals surface area contributed by atoms with Gasteiger partial charge in [0.05, 0.1) is 13.2 Å². The highest BCUT2D eigenvalue weighted by molar-refractivity contribution is 4.70.